The topological polar surface area (TPSA) is 67.9 Å². The van der Waals surface area contributed by atoms with Gasteiger partial charge in [-0.3, -0.25) is 15.0 Å². The maximum absolute atomic E-state index is 13.6. The van der Waals surface area contributed by atoms with Gasteiger partial charge < -0.3 is 9.47 Å². The molecule has 43 heavy (non-hydrogen) atoms. The van der Waals surface area contributed by atoms with Crippen LogP contribution in [0, 0.1) is 23.2 Å². The summed E-state index contributed by atoms with van der Waals surface area (Å²) in [6.45, 7) is 2.76. The number of hydrogen-bond acceptors (Lipinski definition) is 6. The van der Waals surface area contributed by atoms with Gasteiger partial charge in [-0.1, -0.05) is 54.2 Å². The molecule has 5 aliphatic rings. The molecule has 0 spiro atoms. The smallest absolute Gasteiger partial charge is 0.285 e. The lowest BCUT2D eigenvalue weighted by atomic mass is 9.49. The number of hydrazine groups is 1. The molecule has 1 saturated heterocycles. The molecule has 9 heteroatoms. The van der Waals surface area contributed by atoms with E-state index in [1.54, 1.807) is 6.08 Å². The van der Waals surface area contributed by atoms with Crippen LogP contribution in [-0.2, 0) is 16.2 Å². The van der Waals surface area contributed by atoms with Crippen LogP contribution in [0.25, 0.3) is 16.8 Å². The zero-order valence-electron chi connectivity index (χ0n) is 23.9. The molecule has 1 N–H and O–H groups in total. The first-order valence-corrected chi connectivity index (χ1v) is 17.0. The van der Waals surface area contributed by atoms with Crippen LogP contribution in [0.15, 0.2) is 64.0 Å². The SMILES string of the molecule is CCOc1cc(/C=C2/SC(=S)N(NC(=O)C34CC5CC(CC(C5)C3)C4)C2=O)cc(Br)c1OCc1cccc2ccccc12. The quantitative estimate of drug-likeness (QED) is 0.193. The molecule has 0 radical (unpaired) electrons. The minimum Gasteiger partial charge on any atom is -0.490 e. The molecule has 1 heterocycles. The van der Waals surface area contributed by atoms with E-state index in [9.17, 15) is 9.59 Å². The van der Waals surface area contributed by atoms with Crippen LogP contribution in [0.4, 0.5) is 0 Å². The van der Waals surface area contributed by atoms with Crippen LogP contribution in [0.1, 0.15) is 56.6 Å². The second kappa shape index (κ2) is 11.6. The van der Waals surface area contributed by atoms with Gasteiger partial charge in [0.15, 0.2) is 15.8 Å². The van der Waals surface area contributed by atoms with E-state index in [1.807, 2.05) is 37.3 Å². The Morgan fingerprint density at radius 1 is 1.07 bits per heavy atom. The summed E-state index contributed by atoms with van der Waals surface area (Å²) in [7, 11) is 0. The minimum atomic E-state index is -0.360. The van der Waals surface area contributed by atoms with Gasteiger partial charge in [-0.15, -0.1) is 0 Å². The van der Waals surface area contributed by atoms with Crippen LogP contribution in [0.5, 0.6) is 11.5 Å². The largest absolute Gasteiger partial charge is 0.490 e. The van der Waals surface area contributed by atoms with Crippen LogP contribution in [0.2, 0.25) is 0 Å². The fraction of sp³-hybridized carbons (Fsp3) is 0.382. The standard InChI is InChI=1S/C34H33BrN2O4S2/c1-2-40-28-14-20(13-27(35)30(28)41-19-25-8-5-7-24-6-3-4-9-26(24)25)15-29-31(38)37(33(42)43-29)36-32(39)34-16-21-10-22(17-34)12-23(11-21)18-34/h3-9,13-15,21-23H,2,10-12,16-19H2,1H3,(H,36,39)/b29-15+. The van der Waals surface area contributed by atoms with Gasteiger partial charge >= 0.3 is 0 Å². The first kappa shape index (κ1) is 28.9. The Morgan fingerprint density at radius 3 is 2.49 bits per heavy atom. The van der Waals surface area contributed by atoms with Crippen LogP contribution < -0.4 is 14.9 Å². The number of thioether (sulfide) groups is 1. The van der Waals surface area contributed by atoms with Crippen molar-refractivity contribution in [1.82, 2.24) is 10.4 Å². The summed E-state index contributed by atoms with van der Waals surface area (Å²) < 4.78 is 13.3. The molecule has 0 atom stereocenters. The average Bonchev–Trinajstić information content (AvgIpc) is 3.23. The van der Waals surface area contributed by atoms with Gasteiger partial charge in [-0.25, -0.2) is 0 Å². The number of fused-ring (bicyclic) bond motifs is 1. The van der Waals surface area contributed by atoms with Crippen molar-refractivity contribution in [2.75, 3.05) is 6.61 Å². The van der Waals surface area contributed by atoms with E-state index in [-0.39, 0.29) is 17.2 Å². The van der Waals surface area contributed by atoms with E-state index in [0.29, 0.717) is 51.7 Å². The Hall–Kier alpha value is -2.88. The molecule has 4 bridgehead atoms. The van der Waals surface area contributed by atoms with E-state index < -0.39 is 0 Å². The van der Waals surface area contributed by atoms with Gasteiger partial charge in [0.2, 0.25) is 5.91 Å². The molecule has 2 amide bonds. The molecule has 5 fully saturated rings. The minimum absolute atomic E-state index is 0.0433. The highest BCUT2D eigenvalue weighted by Gasteiger charge is 2.55. The van der Waals surface area contributed by atoms with Crippen LogP contribution >= 0.6 is 39.9 Å². The summed E-state index contributed by atoms with van der Waals surface area (Å²) in [6.07, 6.45) is 8.33. The number of nitrogens with zero attached hydrogens (tertiary/aromatic N) is 1. The van der Waals surface area contributed by atoms with Gasteiger partial charge in [0, 0.05) is 0 Å². The summed E-state index contributed by atoms with van der Waals surface area (Å²) >= 11 is 10.4. The van der Waals surface area contributed by atoms with E-state index in [2.05, 4.69) is 45.6 Å². The van der Waals surface area contributed by atoms with Crippen LogP contribution in [0.3, 0.4) is 0 Å². The van der Waals surface area contributed by atoms with Crippen molar-refractivity contribution in [3.63, 3.8) is 0 Å². The lowest BCUT2D eigenvalue weighted by Gasteiger charge is -2.55. The van der Waals surface area contributed by atoms with Gasteiger partial charge in [0.25, 0.3) is 5.91 Å². The number of hydrogen-bond donors (Lipinski definition) is 1. The predicted molar refractivity (Wildman–Crippen MR) is 177 cm³/mol. The van der Waals surface area contributed by atoms with E-state index in [4.69, 9.17) is 21.7 Å². The number of benzene rings is 3. The van der Waals surface area contributed by atoms with Gasteiger partial charge in [-0.2, -0.15) is 5.01 Å². The first-order valence-electron chi connectivity index (χ1n) is 15.0. The highest BCUT2D eigenvalue weighted by atomic mass is 79.9. The van der Waals surface area contributed by atoms with E-state index >= 15 is 0 Å². The number of ether oxygens (including phenoxy) is 2. The summed E-state index contributed by atoms with van der Waals surface area (Å²) in [4.78, 5) is 27.5. The molecule has 6 nitrogen and oxygen atoms in total. The molecule has 4 saturated carbocycles. The molecule has 4 aliphatic carbocycles. The summed E-state index contributed by atoms with van der Waals surface area (Å²) in [6, 6.07) is 18.2. The third-order valence-electron chi connectivity index (χ3n) is 9.41. The lowest BCUT2D eigenvalue weighted by Crippen LogP contribution is -2.57. The molecule has 8 rings (SSSR count). The predicted octanol–water partition coefficient (Wildman–Crippen LogP) is 8.03. The molecule has 1 aliphatic heterocycles. The number of rotatable bonds is 8. The van der Waals surface area contributed by atoms with Crippen molar-refractivity contribution >= 4 is 72.9 Å². The fourth-order valence-corrected chi connectivity index (χ4v) is 9.72. The number of nitrogens with one attached hydrogen (secondary N) is 1. The summed E-state index contributed by atoms with van der Waals surface area (Å²) in [5, 5.41) is 3.58. The maximum Gasteiger partial charge on any atom is 0.285 e. The number of carbonyl (C=O) groups is 2. The number of thiocarbonyl (C=S) groups is 1. The Morgan fingerprint density at radius 2 is 1.77 bits per heavy atom. The van der Waals surface area contributed by atoms with Crippen LogP contribution in [-0.4, -0.2) is 27.8 Å². The number of carbonyl (C=O) groups excluding carboxylic acids is 2. The fourth-order valence-electron chi connectivity index (χ4n) is 7.97. The van der Waals surface area contributed by atoms with Crippen molar-refractivity contribution in [1.29, 1.82) is 0 Å². The highest BCUT2D eigenvalue weighted by Crippen LogP contribution is 2.60. The molecular formula is C34H33BrN2O4S2. The normalized spacial score (nSPS) is 26.9. The van der Waals surface area contributed by atoms with Crippen molar-refractivity contribution in [3.05, 3.63) is 75.1 Å². The Kier molecular flexibility index (Phi) is 7.76. The van der Waals surface area contributed by atoms with Crippen molar-refractivity contribution in [3.8, 4) is 11.5 Å². The van der Waals surface area contributed by atoms with Gasteiger partial charge in [0.05, 0.1) is 21.4 Å². The highest BCUT2D eigenvalue weighted by molar-refractivity contribution is 9.10. The van der Waals surface area contributed by atoms with E-state index in [1.165, 1.54) is 36.0 Å². The molecule has 3 aromatic rings. The second-order valence-corrected chi connectivity index (χ2v) is 14.9. The number of amides is 2. The Labute approximate surface area is 269 Å². The van der Waals surface area contributed by atoms with Gasteiger partial charge in [-0.05, 0) is 131 Å². The Bertz CT molecular complexity index is 1630. The Balaban J connectivity index is 1.09. The third-order valence-corrected chi connectivity index (χ3v) is 11.3. The summed E-state index contributed by atoms with van der Waals surface area (Å²) in [5.74, 6) is 2.74. The molecule has 3 aromatic carbocycles. The maximum atomic E-state index is 13.6. The summed E-state index contributed by atoms with van der Waals surface area (Å²) in [5.41, 5.74) is 4.42. The average molecular weight is 678 g/mol. The number of halogens is 1. The molecule has 0 aromatic heterocycles. The molecular weight excluding hydrogens is 644 g/mol. The van der Waals surface area contributed by atoms with E-state index in [0.717, 1.165) is 45.6 Å². The third kappa shape index (κ3) is 5.49. The second-order valence-electron chi connectivity index (χ2n) is 12.3. The van der Waals surface area contributed by atoms with Gasteiger partial charge in [0.1, 0.15) is 6.61 Å². The molecule has 222 valence electrons. The van der Waals surface area contributed by atoms with Crippen molar-refractivity contribution < 1.29 is 19.1 Å². The zero-order valence-corrected chi connectivity index (χ0v) is 27.2. The first-order chi connectivity index (χ1) is 20.8. The zero-order chi connectivity index (χ0) is 29.7. The lowest BCUT2D eigenvalue weighted by molar-refractivity contribution is -0.152. The monoisotopic (exact) mass is 676 g/mol. The van der Waals surface area contributed by atoms with Crippen molar-refractivity contribution in [2.45, 2.75) is 52.1 Å². The van der Waals surface area contributed by atoms with Crippen molar-refractivity contribution in [2.24, 2.45) is 23.2 Å². The molecule has 0 unspecified atom stereocenters.